The summed E-state index contributed by atoms with van der Waals surface area (Å²) >= 11 is 1.84. The number of nitrogens with zero attached hydrogens (tertiary/aromatic N) is 2. The lowest BCUT2D eigenvalue weighted by molar-refractivity contribution is 0.917. The van der Waals surface area contributed by atoms with Crippen LogP contribution in [0.3, 0.4) is 0 Å². The molecule has 1 N–H and O–H groups in total. The largest absolute Gasteiger partial charge is 0.370 e. The Balaban J connectivity index is 1.95. The van der Waals surface area contributed by atoms with Crippen molar-refractivity contribution < 1.29 is 0 Å². The predicted molar refractivity (Wildman–Crippen MR) is 89.0 cm³/mol. The van der Waals surface area contributed by atoms with Gasteiger partial charge in [0.05, 0.1) is 5.39 Å². The number of thiophene rings is 1. The first-order valence-electron chi connectivity index (χ1n) is 7.48. The van der Waals surface area contributed by atoms with Crippen LogP contribution in [0.4, 0.5) is 5.82 Å². The van der Waals surface area contributed by atoms with Gasteiger partial charge in [-0.05, 0) is 31.7 Å². The Morgan fingerprint density at radius 3 is 2.81 bits per heavy atom. The molecule has 0 atom stereocenters. The van der Waals surface area contributed by atoms with Crippen LogP contribution >= 0.6 is 11.3 Å². The van der Waals surface area contributed by atoms with Crippen molar-refractivity contribution in [1.82, 2.24) is 9.97 Å². The number of anilines is 1. The maximum Gasteiger partial charge on any atom is 0.163 e. The Bertz CT molecular complexity index is 793. The molecular weight excluding hydrogens is 278 g/mol. The maximum absolute atomic E-state index is 4.82. The van der Waals surface area contributed by atoms with Crippen LogP contribution < -0.4 is 5.32 Å². The molecule has 1 aromatic carbocycles. The average molecular weight is 295 g/mol. The molecule has 1 aliphatic rings. The van der Waals surface area contributed by atoms with E-state index in [1.807, 2.05) is 29.5 Å². The van der Waals surface area contributed by atoms with Crippen molar-refractivity contribution in [3.05, 3.63) is 40.8 Å². The number of hydrogen-bond acceptors (Lipinski definition) is 4. The topological polar surface area (TPSA) is 37.8 Å². The highest BCUT2D eigenvalue weighted by molar-refractivity contribution is 7.19. The molecule has 0 saturated carbocycles. The smallest absolute Gasteiger partial charge is 0.163 e. The number of hydrogen-bond donors (Lipinski definition) is 1. The fourth-order valence-corrected chi connectivity index (χ4v) is 4.27. The number of aromatic nitrogens is 2. The molecule has 3 aromatic rings. The molecule has 0 amide bonds. The Morgan fingerprint density at radius 1 is 1.14 bits per heavy atom. The minimum Gasteiger partial charge on any atom is -0.370 e. The monoisotopic (exact) mass is 295 g/mol. The number of benzene rings is 1. The van der Waals surface area contributed by atoms with Crippen molar-refractivity contribution in [3.8, 4) is 11.4 Å². The van der Waals surface area contributed by atoms with E-state index >= 15 is 0 Å². The zero-order valence-corrected chi connectivity index (χ0v) is 12.8. The SMILES string of the molecule is CCNc1nc(-c2ccccc2)nc2sc3c(c12)CCC3. The van der Waals surface area contributed by atoms with Crippen LogP contribution in [0.5, 0.6) is 0 Å². The first kappa shape index (κ1) is 12.8. The standard InChI is InChI=1S/C17H17N3S/c1-2-18-16-14-12-9-6-10-13(12)21-17(14)20-15(19-16)11-7-4-3-5-8-11/h3-5,7-8H,2,6,9-10H2,1H3,(H,18,19,20). The van der Waals surface area contributed by atoms with Gasteiger partial charge in [0.25, 0.3) is 0 Å². The van der Waals surface area contributed by atoms with Gasteiger partial charge in [0.2, 0.25) is 0 Å². The third-order valence-electron chi connectivity index (χ3n) is 3.94. The highest BCUT2D eigenvalue weighted by atomic mass is 32.1. The molecule has 4 rings (SSSR count). The van der Waals surface area contributed by atoms with E-state index in [0.29, 0.717) is 0 Å². The van der Waals surface area contributed by atoms with E-state index in [2.05, 4.69) is 24.4 Å². The van der Waals surface area contributed by atoms with Crippen molar-refractivity contribution >= 4 is 27.4 Å². The average Bonchev–Trinajstić information content (AvgIpc) is 3.08. The molecule has 21 heavy (non-hydrogen) atoms. The van der Waals surface area contributed by atoms with Crippen molar-refractivity contribution in [2.24, 2.45) is 0 Å². The van der Waals surface area contributed by atoms with Crippen LogP contribution in [-0.4, -0.2) is 16.5 Å². The van der Waals surface area contributed by atoms with Gasteiger partial charge in [-0.1, -0.05) is 30.3 Å². The number of fused-ring (bicyclic) bond motifs is 3. The van der Waals surface area contributed by atoms with Gasteiger partial charge in [0, 0.05) is 17.0 Å². The Hall–Kier alpha value is -1.94. The molecular formula is C17H17N3S. The Labute approximate surface area is 128 Å². The molecule has 0 bridgehead atoms. The minimum absolute atomic E-state index is 0.818. The zero-order chi connectivity index (χ0) is 14.2. The van der Waals surface area contributed by atoms with E-state index < -0.39 is 0 Å². The molecule has 0 radical (unpaired) electrons. The summed E-state index contributed by atoms with van der Waals surface area (Å²) in [6, 6.07) is 10.2. The van der Waals surface area contributed by atoms with Gasteiger partial charge in [0.1, 0.15) is 10.6 Å². The molecule has 0 saturated heterocycles. The summed E-state index contributed by atoms with van der Waals surface area (Å²) < 4.78 is 0. The molecule has 4 heteroatoms. The second kappa shape index (κ2) is 5.11. The molecule has 0 fully saturated rings. The molecule has 3 nitrogen and oxygen atoms in total. The van der Waals surface area contributed by atoms with E-state index in [-0.39, 0.29) is 0 Å². The summed E-state index contributed by atoms with van der Waals surface area (Å²) in [7, 11) is 0. The van der Waals surface area contributed by atoms with E-state index in [4.69, 9.17) is 9.97 Å². The summed E-state index contributed by atoms with van der Waals surface area (Å²) in [5.41, 5.74) is 2.55. The van der Waals surface area contributed by atoms with Gasteiger partial charge in [-0.3, -0.25) is 0 Å². The number of aryl methyl sites for hydroxylation is 2. The van der Waals surface area contributed by atoms with Crippen LogP contribution in [0.15, 0.2) is 30.3 Å². The van der Waals surface area contributed by atoms with Gasteiger partial charge < -0.3 is 5.32 Å². The molecule has 2 aromatic heterocycles. The van der Waals surface area contributed by atoms with Gasteiger partial charge in [-0.25, -0.2) is 9.97 Å². The molecule has 0 unspecified atom stereocenters. The third-order valence-corrected chi connectivity index (χ3v) is 5.13. The van der Waals surface area contributed by atoms with Gasteiger partial charge in [-0.2, -0.15) is 0 Å². The molecule has 0 spiro atoms. The Morgan fingerprint density at radius 2 is 2.00 bits per heavy atom. The molecule has 2 heterocycles. The minimum atomic E-state index is 0.818. The summed E-state index contributed by atoms with van der Waals surface area (Å²) in [6.07, 6.45) is 3.63. The third kappa shape index (κ3) is 2.10. The fourth-order valence-electron chi connectivity index (χ4n) is 3.01. The van der Waals surface area contributed by atoms with Crippen LogP contribution in [0.2, 0.25) is 0 Å². The van der Waals surface area contributed by atoms with E-state index in [1.54, 1.807) is 0 Å². The molecule has 0 aliphatic heterocycles. The van der Waals surface area contributed by atoms with E-state index in [9.17, 15) is 0 Å². The van der Waals surface area contributed by atoms with Crippen LogP contribution in [0.1, 0.15) is 23.8 Å². The second-order valence-corrected chi connectivity index (χ2v) is 6.41. The van der Waals surface area contributed by atoms with Gasteiger partial charge in [-0.15, -0.1) is 11.3 Å². The maximum atomic E-state index is 4.82. The lowest BCUT2D eigenvalue weighted by Gasteiger charge is -2.08. The quantitative estimate of drug-likeness (QED) is 0.783. The summed E-state index contributed by atoms with van der Waals surface area (Å²) in [5, 5.41) is 4.69. The molecule has 106 valence electrons. The zero-order valence-electron chi connectivity index (χ0n) is 12.0. The van der Waals surface area contributed by atoms with Crippen LogP contribution in [-0.2, 0) is 12.8 Å². The Kier molecular flexibility index (Phi) is 3.11. The van der Waals surface area contributed by atoms with Crippen LogP contribution in [0.25, 0.3) is 21.6 Å². The number of nitrogens with one attached hydrogen (secondary N) is 1. The van der Waals surface area contributed by atoms with Crippen molar-refractivity contribution in [3.63, 3.8) is 0 Å². The van der Waals surface area contributed by atoms with Crippen molar-refractivity contribution in [1.29, 1.82) is 0 Å². The first-order valence-corrected chi connectivity index (χ1v) is 8.30. The van der Waals surface area contributed by atoms with Gasteiger partial charge >= 0.3 is 0 Å². The summed E-state index contributed by atoms with van der Waals surface area (Å²) in [6.45, 7) is 2.99. The number of rotatable bonds is 3. The normalized spacial score (nSPS) is 13.6. The van der Waals surface area contributed by atoms with Gasteiger partial charge in [0.15, 0.2) is 5.82 Å². The van der Waals surface area contributed by atoms with E-state index in [0.717, 1.165) is 28.6 Å². The van der Waals surface area contributed by atoms with Crippen molar-refractivity contribution in [2.75, 3.05) is 11.9 Å². The second-order valence-electron chi connectivity index (χ2n) is 5.33. The molecule has 1 aliphatic carbocycles. The summed E-state index contributed by atoms with van der Waals surface area (Å²) in [5.74, 6) is 1.82. The lowest BCUT2D eigenvalue weighted by atomic mass is 10.1. The van der Waals surface area contributed by atoms with E-state index in [1.165, 1.54) is 35.1 Å². The van der Waals surface area contributed by atoms with Crippen molar-refractivity contribution in [2.45, 2.75) is 26.2 Å². The fraction of sp³-hybridized carbons (Fsp3) is 0.294. The summed E-state index contributed by atoms with van der Waals surface area (Å²) in [4.78, 5) is 12.2. The first-order chi connectivity index (χ1) is 10.4. The van der Waals surface area contributed by atoms with Crippen LogP contribution in [0, 0.1) is 0 Å². The highest BCUT2D eigenvalue weighted by Crippen LogP contribution is 2.40. The lowest BCUT2D eigenvalue weighted by Crippen LogP contribution is -2.02. The predicted octanol–water partition coefficient (Wildman–Crippen LogP) is 4.28. The highest BCUT2D eigenvalue weighted by Gasteiger charge is 2.22.